The molecule has 2 unspecified atom stereocenters. The molecule has 0 saturated heterocycles. The first-order valence-electron chi connectivity index (χ1n) is 5.74. The van der Waals surface area contributed by atoms with Crippen LogP contribution in [0.4, 0.5) is 0 Å². The Morgan fingerprint density at radius 3 is 2.79 bits per heavy atom. The van der Waals surface area contributed by atoms with Crippen molar-refractivity contribution in [2.24, 2.45) is 0 Å². The maximum atomic E-state index is 11.7. The van der Waals surface area contributed by atoms with E-state index in [-0.39, 0.29) is 0 Å². The van der Waals surface area contributed by atoms with Gasteiger partial charge in [-0.2, -0.15) is 0 Å². The van der Waals surface area contributed by atoms with E-state index in [1.807, 2.05) is 0 Å². The zero-order chi connectivity index (χ0) is 14.0. The van der Waals surface area contributed by atoms with Crippen LogP contribution in [0.1, 0.15) is 22.0 Å². The number of esters is 1. The zero-order valence-corrected chi connectivity index (χ0v) is 10.3. The second-order valence-electron chi connectivity index (χ2n) is 4.19. The van der Waals surface area contributed by atoms with Gasteiger partial charge in [0.25, 0.3) is 0 Å². The molecule has 0 aliphatic heterocycles. The number of hydrogen-bond acceptors (Lipinski definition) is 5. The topological polar surface area (TPSA) is 103 Å². The molecule has 4 N–H and O–H groups in total. The summed E-state index contributed by atoms with van der Waals surface area (Å²) in [4.78, 5) is 14.6. The largest absolute Gasteiger partial charge is 0.465 e. The van der Waals surface area contributed by atoms with E-state index in [0.717, 1.165) is 0 Å². The summed E-state index contributed by atoms with van der Waals surface area (Å²) >= 11 is 0. The van der Waals surface area contributed by atoms with Crippen LogP contribution in [0, 0.1) is 0 Å². The normalized spacial score (nSPS) is 14.3. The molecule has 0 saturated carbocycles. The van der Waals surface area contributed by atoms with E-state index in [1.165, 1.54) is 13.2 Å². The molecule has 6 heteroatoms. The fourth-order valence-electron chi connectivity index (χ4n) is 1.96. The summed E-state index contributed by atoms with van der Waals surface area (Å²) in [5.41, 5.74) is 1.26. The lowest BCUT2D eigenvalue weighted by atomic mass is 9.99. The van der Waals surface area contributed by atoms with Crippen LogP contribution in [-0.4, -0.2) is 46.1 Å². The van der Waals surface area contributed by atoms with Gasteiger partial charge in [0.05, 0.1) is 19.3 Å². The number of aromatic nitrogens is 1. The smallest absolute Gasteiger partial charge is 0.338 e. The lowest BCUT2D eigenvalue weighted by Gasteiger charge is -2.17. The molecular weight excluding hydrogens is 250 g/mol. The van der Waals surface area contributed by atoms with Crippen molar-refractivity contribution in [1.29, 1.82) is 0 Å². The molecule has 0 fully saturated rings. The van der Waals surface area contributed by atoms with Crippen LogP contribution >= 0.6 is 0 Å². The van der Waals surface area contributed by atoms with Crippen molar-refractivity contribution < 1.29 is 24.9 Å². The third-order valence-electron chi connectivity index (χ3n) is 2.99. The minimum absolute atomic E-state index is 0.292. The van der Waals surface area contributed by atoms with Crippen LogP contribution in [0.3, 0.4) is 0 Å². The number of carbonyl (C=O) groups is 1. The quantitative estimate of drug-likeness (QED) is 0.597. The Hall–Kier alpha value is -1.89. The van der Waals surface area contributed by atoms with Gasteiger partial charge in [0, 0.05) is 17.1 Å². The van der Waals surface area contributed by atoms with E-state index in [4.69, 9.17) is 5.11 Å². The maximum absolute atomic E-state index is 11.7. The van der Waals surface area contributed by atoms with Crippen molar-refractivity contribution in [2.75, 3.05) is 13.7 Å². The Labute approximate surface area is 109 Å². The van der Waals surface area contributed by atoms with E-state index in [0.29, 0.717) is 22.0 Å². The summed E-state index contributed by atoms with van der Waals surface area (Å²) in [6.45, 7) is -0.572. The number of fused-ring (bicyclic) bond motifs is 1. The number of methoxy groups -OCH3 is 1. The average molecular weight is 265 g/mol. The Kier molecular flexibility index (Phi) is 3.84. The van der Waals surface area contributed by atoms with Crippen LogP contribution in [0.5, 0.6) is 0 Å². The number of aromatic amines is 1. The highest BCUT2D eigenvalue weighted by molar-refractivity contribution is 6.04. The Bertz CT molecular complexity index is 592. The highest BCUT2D eigenvalue weighted by atomic mass is 16.5. The first-order chi connectivity index (χ1) is 9.08. The lowest BCUT2D eigenvalue weighted by molar-refractivity contribution is -0.0152. The summed E-state index contributed by atoms with van der Waals surface area (Å²) < 4.78 is 4.69. The van der Waals surface area contributed by atoms with Crippen molar-refractivity contribution >= 4 is 16.9 Å². The van der Waals surface area contributed by atoms with Gasteiger partial charge < -0.3 is 25.0 Å². The maximum Gasteiger partial charge on any atom is 0.338 e. The summed E-state index contributed by atoms with van der Waals surface area (Å²) in [5.74, 6) is -0.530. The Morgan fingerprint density at radius 2 is 2.16 bits per heavy atom. The molecule has 0 spiro atoms. The molecule has 6 nitrogen and oxygen atoms in total. The van der Waals surface area contributed by atoms with Crippen molar-refractivity contribution in [3.63, 3.8) is 0 Å². The van der Waals surface area contributed by atoms with Crippen molar-refractivity contribution in [3.8, 4) is 0 Å². The molecule has 1 heterocycles. The van der Waals surface area contributed by atoms with E-state index in [1.54, 1.807) is 18.3 Å². The summed E-state index contributed by atoms with van der Waals surface area (Å²) in [6.07, 6.45) is -0.922. The molecule has 2 rings (SSSR count). The molecule has 0 radical (unpaired) electrons. The van der Waals surface area contributed by atoms with Gasteiger partial charge >= 0.3 is 5.97 Å². The Morgan fingerprint density at radius 1 is 1.42 bits per heavy atom. The number of aliphatic hydroxyl groups is 3. The predicted molar refractivity (Wildman–Crippen MR) is 67.7 cm³/mol. The molecule has 2 aromatic rings. The first kappa shape index (κ1) is 13.5. The van der Waals surface area contributed by atoms with Gasteiger partial charge in [-0.25, -0.2) is 4.79 Å². The first-order valence-corrected chi connectivity index (χ1v) is 5.74. The van der Waals surface area contributed by atoms with Crippen LogP contribution in [0.15, 0.2) is 24.4 Å². The fraction of sp³-hybridized carbons (Fsp3) is 0.308. The van der Waals surface area contributed by atoms with Crippen LogP contribution in [0.25, 0.3) is 10.9 Å². The van der Waals surface area contributed by atoms with Gasteiger partial charge in [-0.1, -0.05) is 0 Å². The molecule has 1 aromatic carbocycles. The number of rotatable bonds is 4. The van der Waals surface area contributed by atoms with Gasteiger partial charge in [0.2, 0.25) is 0 Å². The van der Waals surface area contributed by atoms with Crippen molar-refractivity contribution in [2.45, 2.75) is 12.2 Å². The number of carbonyl (C=O) groups excluding carboxylic acids is 1. The van der Waals surface area contributed by atoms with E-state index in [9.17, 15) is 15.0 Å². The molecule has 0 bridgehead atoms. The molecule has 0 aliphatic carbocycles. The van der Waals surface area contributed by atoms with Crippen LogP contribution in [0.2, 0.25) is 0 Å². The molecular formula is C13H15NO5. The van der Waals surface area contributed by atoms with Gasteiger partial charge in [0.1, 0.15) is 12.2 Å². The van der Waals surface area contributed by atoms with E-state index in [2.05, 4.69) is 9.72 Å². The Balaban J connectivity index is 2.54. The minimum Gasteiger partial charge on any atom is -0.465 e. The van der Waals surface area contributed by atoms with Crippen LogP contribution < -0.4 is 0 Å². The van der Waals surface area contributed by atoms with E-state index >= 15 is 0 Å². The molecule has 102 valence electrons. The third kappa shape index (κ3) is 2.46. The summed E-state index contributed by atoms with van der Waals surface area (Å²) in [7, 11) is 1.27. The summed E-state index contributed by atoms with van der Waals surface area (Å²) in [6, 6.07) is 4.79. The average Bonchev–Trinajstić information content (AvgIpc) is 2.91. The van der Waals surface area contributed by atoms with Gasteiger partial charge in [-0.15, -0.1) is 0 Å². The minimum atomic E-state index is -1.31. The zero-order valence-electron chi connectivity index (χ0n) is 10.3. The van der Waals surface area contributed by atoms with Gasteiger partial charge in [0.15, 0.2) is 0 Å². The van der Waals surface area contributed by atoms with Crippen LogP contribution in [-0.2, 0) is 4.74 Å². The number of ether oxygens (including phenoxy) is 1. The van der Waals surface area contributed by atoms with Crippen molar-refractivity contribution in [3.05, 3.63) is 35.5 Å². The van der Waals surface area contributed by atoms with Gasteiger partial charge in [-0.05, 0) is 23.8 Å². The molecule has 0 amide bonds. The molecule has 1 aromatic heterocycles. The second kappa shape index (κ2) is 5.40. The monoisotopic (exact) mass is 265 g/mol. The lowest BCUT2D eigenvalue weighted by Crippen LogP contribution is -2.22. The standard InChI is InChI=1S/C13H15NO5/c1-19-13(18)9-4-7(12(17)11(16)6-15)5-10-8(9)2-3-14-10/h2-5,11-12,14-17H,6H2,1H3. The second-order valence-corrected chi connectivity index (χ2v) is 4.19. The predicted octanol–water partition coefficient (Wildman–Crippen LogP) is 0.341. The fourth-order valence-corrected chi connectivity index (χ4v) is 1.96. The molecule has 19 heavy (non-hydrogen) atoms. The highest BCUT2D eigenvalue weighted by Crippen LogP contribution is 2.26. The van der Waals surface area contributed by atoms with E-state index < -0.39 is 24.8 Å². The highest BCUT2D eigenvalue weighted by Gasteiger charge is 2.21. The molecule has 2 atom stereocenters. The number of H-pyrrole nitrogens is 1. The van der Waals surface area contributed by atoms with Gasteiger partial charge in [-0.3, -0.25) is 0 Å². The third-order valence-corrected chi connectivity index (χ3v) is 2.99. The number of hydrogen-bond donors (Lipinski definition) is 4. The SMILES string of the molecule is COC(=O)c1cc(C(O)C(O)CO)cc2[nH]ccc12. The molecule has 0 aliphatic rings. The number of benzene rings is 1. The number of aliphatic hydroxyl groups excluding tert-OH is 3. The summed E-state index contributed by atoms with van der Waals surface area (Å²) in [5, 5.41) is 28.9. The number of nitrogens with one attached hydrogen (secondary N) is 1. The van der Waals surface area contributed by atoms with Crippen molar-refractivity contribution in [1.82, 2.24) is 4.98 Å².